The van der Waals surface area contributed by atoms with E-state index in [0.29, 0.717) is 25.1 Å². The van der Waals surface area contributed by atoms with Crippen molar-refractivity contribution in [1.82, 2.24) is 4.90 Å². The lowest BCUT2D eigenvalue weighted by Gasteiger charge is -2.37. The van der Waals surface area contributed by atoms with Crippen molar-refractivity contribution in [2.24, 2.45) is 5.73 Å². The molecule has 2 atom stereocenters. The molecule has 1 aromatic carbocycles. The van der Waals surface area contributed by atoms with Crippen LogP contribution >= 0.6 is 0 Å². The number of rotatable bonds is 1. The summed E-state index contributed by atoms with van der Waals surface area (Å²) in [6.45, 7) is 6.22. The summed E-state index contributed by atoms with van der Waals surface area (Å²) < 4.78 is 31.7. The Labute approximate surface area is 129 Å². The molecule has 0 bridgehead atoms. The molecule has 0 aromatic heterocycles. The van der Waals surface area contributed by atoms with Gasteiger partial charge in [0.15, 0.2) is 11.6 Å². The molecular formula is C16H22F2N2O2. The van der Waals surface area contributed by atoms with Gasteiger partial charge in [-0.05, 0) is 44.9 Å². The first kappa shape index (κ1) is 16.7. The summed E-state index contributed by atoms with van der Waals surface area (Å²) >= 11 is 0. The van der Waals surface area contributed by atoms with Crippen LogP contribution in [-0.4, -0.2) is 35.7 Å². The van der Waals surface area contributed by atoms with Crippen LogP contribution < -0.4 is 5.73 Å². The average molecular weight is 312 g/mol. The fraction of sp³-hybridized carbons (Fsp3) is 0.562. The molecule has 0 aliphatic carbocycles. The molecule has 1 amide bonds. The molecule has 0 spiro atoms. The normalized spacial score (nSPS) is 22.5. The molecule has 2 unspecified atom stereocenters. The van der Waals surface area contributed by atoms with Crippen LogP contribution in [0, 0.1) is 11.6 Å². The third-order valence-electron chi connectivity index (χ3n) is 3.68. The Balaban J connectivity index is 2.03. The van der Waals surface area contributed by atoms with E-state index in [-0.39, 0.29) is 12.0 Å². The Morgan fingerprint density at radius 1 is 1.32 bits per heavy atom. The second kappa shape index (κ2) is 6.20. The van der Waals surface area contributed by atoms with Gasteiger partial charge >= 0.3 is 6.09 Å². The number of likely N-dealkylation sites (tertiary alicyclic amines) is 1. The van der Waals surface area contributed by atoms with Gasteiger partial charge in [-0.1, -0.05) is 6.07 Å². The van der Waals surface area contributed by atoms with Gasteiger partial charge in [0.2, 0.25) is 0 Å². The number of nitrogens with two attached hydrogens (primary N) is 1. The van der Waals surface area contributed by atoms with Crippen molar-refractivity contribution in [3.8, 4) is 0 Å². The minimum absolute atomic E-state index is 0.103. The predicted molar refractivity (Wildman–Crippen MR) is 79.5 cm³/mol. The summed E-state index contributed by atoms with van der Waals surface area (Å²) in [5, 5.41) is 0. The third-order valence-corrected chi connectivity index (χ3v) is 3.68. The second-order valence-electron chi connectivity index (χ2n) is 6.66. The molecule has 1 saturated heterocycles. The molecule has 0 radical (unpaired) electrons. The zero-order valence-corrected chi connectivity index (χ0v) is 13.1. The van der Waals surface area contributed by atoms with E-state index in [1.807, 2.05) is 0 Å². The number of carbonyl (C=O) groups excluding carboxylic acids is 1. The number of piperidine rings is 1. The Bertz CT molecular complexity index is 558. The highest BCUT2D eigenvalue weighted by Crippen LogP contribution is 2.29. The number of nitrogens with zero attached hydrogens (tertiary/aromatic N) is 1. The van der Waals surface area contributed by atoms with E-state index in [1.54, 1.807) is 31.7 Å². The van der Waals surface area contributed by atoms with Gasteiger partial charge in [-0.15, -0.1) is 0 Å². The van der Waals surface area contributed by atoms with E-state index in [4.69, 9.17) is 10.5 Å². The molecule has 4 nitrogen and oxygen atoms in total. The molecule has 1 aliphatic rings. The van der Waals surface area contributed by atoms with Gasteiger partial charge in [0.1, 0.15) is 5.60 Å². The summed E-state index contributed by atoms with van der Waals surface area (Å²) in [7, 11) is 0. The fourth-order valence-electron chi connectivity index (χ4n) is 2.63. The molecular weight excluding hydrogens is 290 g/mol. The van der Waals surface area contributed by atoms with Crippen LogP contribution in [0.25, 0.3) is 0 Å². The van der Waals surface area contributed by atoms with E-state index in [0.717, 1.165) is 6.07 Å². The number of amides is 1. The predicted octanol–water partition coefficient (Wildman–Crippen LogP) is 3.02. The standard InChI is InChI=1S/C16H22F2N2O2/c1-16(2,3)22-15(21)20-7-6-11(14(19)9-20)10-4-5-12(17)13(18)8-10/h4-5,8,11,14H,6-7,9,19H2,1-3H3. The summed E-state index contributed by atoms with van der Waals surface area (Å²) in [5.41, 5.74) is 6.23. The number of hydrogen-bond donors (Lipinski definition) is 1. The molecule has 122 valence electrons. The van der Waals surface area contributed by atoms with Crippen molar-refractivity contribution >= 4 is 6.09 Å². The maximum absolute atomic E-state index is 13.4. The maximum Gasteiger partial charge on any atom is 0.410 e. The SMILES string of the molecule is CC(C)(C)OC(=O)N1CCC(c2ccc(F)c(F)c2)C(N)C1. The maximum atomic E-state index is 13.4. The Morgan fingerprint density at radius 2 is 2.00 bits per heavy atom. The first-order chi connectivity index (χ1) is 10.2. The van der Waals surface area contributed by atoms with Crippen LogP contribution in [0.3, 0.4) is 0 Å². The highest BCUT2D eigenvalue weighted by atomic mass is 19.2. The van der Waals surface area contributed by atoms with Crippen molar-refractivity contribution in [2.45, 2.75) is 44.8 Å². The van der Waals surface area contributed by atoms with Gasteiger partial charge in [-0.3, -0.25) is 0 Å². The minimum atomic E-state index is -0.876. The van der Waals surface area contributed by atoms with E-state index < -0.39 is 23.3 Å². The van der Waals surface area contributed by atoms with Gasteiger partial charge in [-0.25, -0.2) is 13.6 Å². The largest absolute Gasteiger partial charge is 0.444 e. The lowest BCUT2D eigenvalue weighted by molar-refractivity contribution is 0.0186. The first-order valence-electron chi connectivity index (χ1n) is 7.36. The van der Waals surface area contributed by atoms with Crippen LogP contribution in [-0.2, 0) is 4.74 Å². The van der Waals surface area contributed by atoms with E-state index in [1.165, 1.54) is 6.07 Å². The molecule has 2 N–H and O–H groups in total. The average Bonchev–Trinajstić information content (AvgIpc) is 2.40. The van der Waals surface area contributed by atoms with Crippen molar-refractivity contribution in [1.29, 1.82) is 0 Å². The summed E-state index contributed by atoms with van der Waals surface area (Å²) in [6, 6.07) is 3.50. The third kappa shape index (κ3) is 3.94. The molecule has 1 aromatic rings. The molecule has 1 aliphatic heterocycles. The lowest BCUT2D eigenvalue weighted by atomic mass is 9.86. The van der Waals surface area contributed by atoms with E-state index >= 15 is 0 Å². The van der Waals surface area contributed by atoms with Crippen molar-refractivity contribution in [3.05, 3.63) is 35.4 Å². The Kier molecular flexibility index (Phi) is 4.70. The van der Waals surface area contributed by atoms with Crippen LogP contribution in [0.5, 0.6) is 0 Å². The first-order valence-corrected chi connectivity index (χ1v) is 7.36. The van der Waals surface area contributed by atoms with Crippen molar-refractivity contribution in [2.75, 3.05) is 13.1 Å². The van der Waals surface area contributed by atoms with Crippen LogP contribution in [0.2, 0.25) is 0 Å². The number of halogens is 2. The molecule has 2 rings (SSSR count). The van der Waals surface area contributed by atoms with Crippen molar-refractivity contribution < 1.29 is 18.3 Å². The van der Waals surface area contributed by atoms with Crippen LogP contribution in [0.15, 0.2) is 18.2 Å². The quantitative estimate of drug-likeness (QED) is 0.867. The van der Waals surface area contributed by atoms with Gasteiger partial charge < -0.3 is 15.4 Å². The monoisotopic (exact) mass is 312 g/mol. The van der Waals surface area contributed by atoms with E-state index in [9.17, 15) is 13.6 Å². The number of ether oxygens (including phenoxy) is 1. The molecule has 6 heteroatoms. The Morgan fingerprint density at radius 3 is 2.55 bits per heavy atom. The number of benzene rings is 1. The van der Waals surface area contributed by atoms with Gasteiger partial charge in [-0.2, -0.15) is 0 Å². The molecule has 0 saturated carbocycles. The number of hydrogen-bond acceptors (Lipinski definition) is 3. The highest BCUT2D eigenvalue weighted by Gasteiger charge is 2.32. The van der Waals surface area contributed by atoms with Crippen molar-refractivity contribution in [3.63, 3.8) is 0 Å². The van der Waals surface area contributed by atoms with Gasteiger partial charge in [0.25, 0.3) is 0 Å². The summed E-state index contributed by atoms with van der Waals surface area (Å²) in [5.74, 6) is -1.85. The lowest BCUT2D eigenvalue weighted by Crippen LogP contribution is -2.50. The zero-order chi connectivity index (χ0) is 16.5. The highest BCUT2D eigenvalue weighted by molar-refractivity contribution is 5.68. The molecule has 1 fully saturated rings. The smallest absolute Gasteiger partial charge is 0.410 e. The summed E-state index contributed by atoms with van der Waals surface area (Å²) in [4.78, 5) is 13.6. The van der Waals surface area contributed by atoms with Crippen LogP contribution in [0.1, 0.15) is 38.7 Å². The van der Waals surface area contributed by atoms with Gasteiger partial charge in [0.05, 0.1) is 0 Å². The topological polar surface area (TPSA) is 55.6 Å². The van der Waals surface area contributed by atoms with Crippen LogP contribution in [0.4, 0.5) is 13.6 Å². The molecule has 1 heterocycles. The minimum Gasteiger partial charge on any atom is -0.444 e. The Hall–Kier alpha value is -1.69. The summed E-state index contributed by atoms with van der Waals surface area (Å²) in [6.07, 6.45) is 0.192. The van der Waals surface area contributed by atoms with Gasteiger partial charge in [0, 0.05) is 25.0 Å². The zero-order valence-electron chi connectivity index (χ0n) is 13.1. The fourth-order valence-corrected chi connectivity index (χ4v) is 2.63. The second-order valence-corrected chi connectivity index (χ2v) is 6.66. The molecule has 22 heavy (non-hydrogen) atoms. The van der Waals surface area contributed by atoms with E-state index in [2.05, 4.69) is 0 Å². The number of carbonyl (C=O) groups is 1.